The minimum atomic E-state index is 1.11. The maximum Gasteiger partial charge on any atom is 0.0804 e. The minimum Gasteiger partial charge on any atom is -0.307 e. The average Bonchev–Trinajstić information content (AvgIpc) is 4.02. The molecule has 0 aliphatic heterocycles. The predicted molar refractivity (Wildman–Crippen MR) is 274 cm³/mol. The SMILES string of the molecule is c1ccc(-c2ccccc2-c2ccc3c(c2)c2cc(-c4ccccc4-c4ccccc4)ccc2n3-c2ccccc2-n2c3ccccc3c3c2c2ccccc2n3-c2ccccc2)cc1. The molecule has 13 aromatic rings. The summed E-state index contributed by atoms with van der Waals surface area (Å²) in [6, 6.07) is 90.6. The van der Waals surface area contributed by atoms with E-state index in [-0.39, 0.29) is 0 Å². The van der Waals surface area contributed by atoms with Gasteiger partial charge in [-0.2, -0.15) is 0 Å². The van der Waals surface area contributed by atoms with Crippen molar-refractivity contribution in [2.75, 3.05) is 0 Å². The molecular formula is C62H41N3. The summed E-state index contributed by atoms with van der Waals surface area (Å²) in [7, 11) is 0. The molecule has 3 heteroatoms. The Morgan fingerprint density at radius 2 is 0.569 bits per heavy atom. The van der Waals surface area contributed by atoms with Crippen LogP contribution in [-0.4, -0.2) is 13.7 Å². The number of nitrogens with zero attached hydrogens (tertiary/aromatic N) is 3. The van der Waals surface area contributed by atoms with Crippen LogP contribution < -0.4 is 0 Å². The molecule has 0 amide bonds. The molecule has 0 atom stereocenters. The van der Waals surface area contributed by atoms with Gasteiger partial charge < -0.3 is 13.7 Å². The Kier molecular flexibility index (Phi) is 8.53. The molecule has 65 heavy (non-hydrogen) atoms. The summed E-state index contributed by atoms with van der Waals surface area (Å²) < 4.78 is 7.45. The van der Waals surface area contributed by atoms with Crippen molar-refractivity contribution in [1.29, 1.82) is 0 Å². The summed E-state index contributed by atoms with van der Waals surface area (Å²) >= 11 is 0. The van der Waals surface area contributed by atoms with Gasteiger partial charge in [-0.1, -0.05) is 188 Å². The maximum atomic E-state index is 2.51. The van der Waals surface area contributed by atoms with Crippen LogP contribution in [0.2, 0.25) is 0 Å². The Hall–Kier alpha value is -8.66. The van der Waals surface area contributed by atoms with E-state index in [0.717, 1.165) is 28.1 Å². The zero-order chi connectivity index (χ0) is 42.8. The lowest BCUT2D eigenvalue weighted by molar-refractivity contribution is 1.10. The van der Waals surface area contributed by atoms with Gasteiger partial charge in [0.05, 0.1) is 44.5 Å². The molecule has 0 fully saturated rings. The lowest BCUT2D eigenvalue weighted by atomic mass is 9.92. The molecule has 13 rings (SSSR count). The molecule has 0 N–H and O–H groups in total. The Morgan fingerprint density at radius 3 is 1.08 bits per heavy atom. The summed E-state index contributed by atoms with van der Waals surface area (Å²) in [5.41, 5.74) is 20.1. The zero-order valence-electron chi connectivity index (χ0n) is 35.5. The van der Waals surface area contributed by atoms with Crippen molar-refractivity contribution in [3.05, 3.63) is 249 Å². The Balaban J connectivity index is 1.11. The molecule has 0 bridgehead atoms. The van der Waals surface area contributed by atoms with Gasteiger partial charge >= 0.3 is 0 Å². The molecular weight excluding hydrogens is 787 g/mol. The molecule has 3 nitrogen and oxygen atoms in total. The van der Waals surface area contributed by atoms with E-state index in [9.17, 15) is 0 Å². The van der Waals surface area contributed by atoms with Crippen LogP contribution in [0, 0.1) is 0 Å². The topological polar surface area (TPSA) is 14.8 Å². The van der Waals surface area contributed by atoms with Gasteiger partial charge in [0.2, 0.25) is 0 Å². The van der Waals surface area contributed by atoms with Crippen LogP contribution in [0.15, 0.2) is 249 Å². The molecule has 3 heterocycles. The fourth-order valence-corrected chi connectivity index (χ4v) is 10.5. The van der Waals surface area contributed by atoms with Gasteiger partial charge in [0, 0.05) is 27.2 Å². The van der Waals surface area contributed by atoms with Crippen LogP contribution >= 0.6 is 0 Å². The van der Waals surface area contributed by atoms with Gasteiger partial charge in [-0.25, -0.2) is 0 Å². The van der Waals surface area contributed by atoms with Gasteiger partial charge in [0.25, 0.3) is 0 Å². The summed E-state index contributed by atoms with van der Waals surface area (Å²) in [6.45, 7) is 0. The minimum absolute atomic E-state index is 1.11. The standard InChI is InChI=1S/C62H41N3/c1-4-20-42(21-5-1)47-26-10-12-28-49(47)44-36-38-57-53(40-44)54-41-45(50-29-13-11-27-48(50)43-22-6-2-7-23-43)37-39-58(54)64(57)59-34-18-19-35-60(59)65-56-33-17-15-31-52(56)61-62(65)51-30-14-16-32-55(51)63(61)46-24-8-3-9-25-46/h1-41H. The van der Waals surface area contributed by atoms with Crippen LogP contribution in [0.1, 0.15) is 0 Å². The third kappa shape index (κ3) is 5.83. The number of aromatic nitrogens is 3. The first-order valence-corrected chi connectivity index (χ1v) is 22.4. The molecule has 0 spiro atoms. The number of hydrogen-bond donors (Lipinski definition) is 0. The quantitative estimate of drug-likeness (QED) is 0.152. The first-order chi connectivity index (χ1) is 32.3. The number of para-hydroxylation sites is 5. The Morgan fingerprint density at radius 1 is 0.215 bits per heavy atom. The molecule has 3 aromatic heterocycles. The third-order valence-corrected chi connectivity index (χ3v) is 13.3. The second kappa shape index (κ2) is 15.0. The van der Waals surface area contributed by atoms with Gasteiger partial charge in [-0.05, 0) is 105 Å². The molecule has 0 unspecified atom stereocenters. The number of rotatable bonds is 7. The van der Waals surface area contributed by atoms with Crippen molar-refractivity contribution in [3.8, 4) is 61.6 Å². The highest BCUT2D eigenvalue weighted by molar-refractivity contribution is 6.20. The number of fused-ring (bicyclic) bond motifs is 8. The fraction of sp³-hybridized carbons (Fsp3) is 0. The summed E-state index contributed by atoms with van der Waals surface area (Å²) in [6.07, 6.45) is 0. The van der Waals surface area contributed by atoms with E-state index in [4.69, 9.17) is 0 Å². The van der Waals surface area contributed by atoms with Crippen molar-refractivity contribution in [1.82, 2.24) is 13.7 Å². The van der Waals surface area contributed by atoms with Gasteiger partial charge in [-0.15, -0.1) is 0 Å². The van der Waals surface area contributed by atoms with E-state index < -0.39 is 0 Å². The average molecular weight is 828 g/mol. The third-order valence-electron chi connectivity index (χ3n) is 13.3. The number of hydrogen-bond acceptors (Lipinski definition) is 0. The van der Waals surface area contributed by atoms with Crippen LogP contribution in [0.5, 0.6) is 0 Å². The van der Waals surface area contributed by atoms with Crippen molar-refractivity contribution < 1.29 is 0 Å². The Bertz CT molecular complexity index is 3780. The number of benzene rings is 10. The highest BCUT2D eigenvalue weighted by atomic mass is 15.1. The molecule has 304 valence electrons. The first-order valence-electron chi connectivity index (χ1n) is 22.4. The molecule has 0 radical (unpaired) electrons. The normalized spacial score (nSPS) is 11.7. The highest BCUT2D eigenvalue weighted by Crippen LogP contribution is 2.45. The monoisotopic (exact) mass is 827 g/mol. The van der Waals surface area contributed by atoms with E-state index >= 15 is 0 Å². The second-order valence-electron chi connectivity index (χ2n) is 16.8. The van der Waals surface area contributed by atoms with E-state index in [1.807, 2.05) is 0 Å². The molecule has 0 aliphatic carbocycles. The summed E-state index contributed by atoms with van der Waals surface area (Å²) in [5, 5.41) is 4.83. The van der Waals surface area contributed by atoms with Crippen LogP contribution in [-0.2, 0) is 0 Å². The zero-order valence-corrected chi connectivity index (χ0v) is 35.5. The largest absolute Gasteiger partial charge is 0.307 e. The molecule has 10 aromatic carbocycles. The Labute approximate surface area is 376 Å². The van der Waals surface area contributed by atoms with Crippen molar-refractivity contribution in [3.63, 3.8) is 0 Å². The van der Waals surface area contributed by atoms with E-state index in [0.29, 0.717) is 0 Å². The summed E-state index contributed by atoms with van der Waals surface area (Å²) in [5.74, 6) is 0. The van der Waals surface area contributed by atoms with Crippen LogP contribution in [0.25, 0.3) is 116 Å². The van der Waals surface area contributed by atoms with E-state index in [2.05, 4.69) is 262 Å². The van der Waals surface area contributed by atoms with Crippen molar-refractivity contribution >= 4 is 54.6 Å². The lowest BCUT2D eigenvalue weighted by Gasteiger charge is -2.17. The van der Waals surface area contributed by atoms with Gasteiger partial charge in [0.15, 0.2) is 0 Å². The maximum absolute atomic E-state index is 2.51. The lowest BCUT2D eigenvalue weighted by Crippen LogP contribution is -2.03. The summed E-state index contributed by atoms with van der Waals surface area (Å²) in [4.78, 5) is 0. The fourth-order valence-electron chi connectivity index (χ4n) is 10.5. The van der Waals surface area contributed by atoms with Crippen LogP contribution in [0.4, 0.5) is 0 Å². The molecule has 0 aliphatic rings. The van der Waals surface area contributed by atoms with E-state index in [1.54, 1.807) is 0 Å². The molecule has 0 saturated carbocycles. The molecule has 0 saturated heterocycles. The highest BCUT2D eigenvalue weighted by Gasteiger charge is 2.25. The van der Waals surface area contributed by atoms with Crippen molar-refractivity contribution in [2.24, 2.45) is 0 Å². The van der Waals surface area contributed by atoms with Gasteiger partial charge in [0.1, 0.15) is 0 Å². The first kappa shape index (κ1) is 36.9. The smallest absolute Gasteiger partial charge is 0.0804 e. The predicted octanol–water partition coefficient (Wildman–Crippen LogP) is 16.5. The van der Waals surface area contributed by atoms with Crippen LogP contribution in [0.3, 0.4) is 0 Å². The second-order valence-corrected chi connectivity index (χ2v) is 16.8. The van der Waals surface area contributed by atoms with Crippen molar-refractivity contribution in [2.45, 2.75) is 0 Å². The van der Waals surface area contributed by atoms with Gasteiger partial charge in [-0.3, -0.25) is 0 Å². The van der Waals surface area contributed by atoms with E-state index in [1.165, 1.54) is 88.1 Å².